The third kappa shape index (κ3) is 1.65. The van der Waals surface area contributed by atoms with Crippen molar-refractivity contribution in [1.29, 1.82) is 0 Å². The Bertz CT molecular complexity index is 383. The third-order valence-corrected chi connectivity index (χ3v) is 2.44. The van der Waals surface area contributed by atoms with Crippen molar-refractivity contribution in [3.05, 3.63) is 34.6 Å². The number of amides is 2. The van der Waals surface area contributed by atoms with Gasteiger partial charge in [0.05, 0.1) is 6.04 Å². The van der Waals surface area contributed by atoms with Crippen LogP contribution in [0.25, 0.3) is 0 Å². The Hall–Kier alpha value is -1.29. The molecule has 0 spiro atoms. The maximum Gasteiger partial charge on any atom is 0.315 e. The van der Waals surface area contributed by atoms with Gasteiger partial charge in [-0.15, -0.1) is 0 Å². The molecule has 1 aromatic rings. The van der Waals surface area contributed by atoms with Gasteiger partial charge >= 0.3 is 6.03 Å². The second-order valence-corrected chi connectivity index (χ2v) is 3.48. The fourth-order valence-electron chi connectivity index (χ4n) is 1.43. The molecule has 2 N–H and O–H groups in total. The Kier molecular flexibility index (Phi) is 2.29. The Morgan fingerprint density at radius 2 is 2.29 bits per heavy atom. The summed E-state index contributed by atoms with van der Waals surface area (Å²) in [4.78, 5) is 10.9. The molecule has 1 heterocycles. The van der Waals surface area contributed by atoms with Crippen LogP contribution in [0.1, 0.15) is 11.6 Å². The van der Waals surface area contributed by atoms with Gasteiger partial charge in [-0.1, -0.05) is 17.7 Å². The second-order valence-electron chi connectivity index (χ2n) is 3.07. The minimum atomic E-state index is -0.379. The summed E-state index contributed by atoms with van der Waals surface area (Å²) in [5, 5.41) is 5.61. The quantitative estimate of drug-likeness (QED) is 0.736. The number of rotatable bonds is 1. The van der Waals surface area contributed by atoms with Gasteiger partial charge in [0.2, 0.25) is 0 Å². The van der Waals surface area contributed by atoms with E-state index in [-0.39, 0.29) is 17.9 Å². The van der Waals surface area contributed by atoms with Crippen molar-refractivity contribution >= 4 is 17.6 Å². The van der Waals surface area contributed by atoms with E-state index in [2.05, 4.69) is 10.6 Å². The first kappa shape index (κ1) is 9.27. The van der Waals surface area contributed by atoms with Gasteiger partial charge in [-0.3, -0.25) is 0 Å². The number of hydrogen-bond donors (Lipinski definition) is 2. The van der Waals surface area contributed by atoms with Gasteiger partial charge in [0, 0.05) is 11.6 Å². The van der Waals surface area contributed by atoms with Crippen molar-refractivity contribution in [1.82, 2.24) is 10.6 Å². The van der Waals surface area contributed by atoms with Crippen molar-refractivity contribution in [2.24, 2.45) is 0 Å². The molecule has 0 aromatic heterocycles. The second kappa shape index (κ2) is 3.46. The largest absolute Gasteiger partial charge is 0.336 e. The molecule has 14 heavy (non-hydrogen) atoms. The first-order chi connectivity index (χ1) is 6.66. The summed E-state index contributed by atoms with van der Waals surface area (Å²) in [6.45, 7) is 0.476. The molecule has 3 nitrogen and oxygen atoms in total. The molecule has 2 amide bonds. The zero-order valence-electron chi connectivity index (χ0n) is 7.18. The first-order valence-corrected chi connectivity index (χ1v) is 4.54. The van der Waals surface area contributed by atoms with E-state index in [0.717, 1.165) is 5.56 Å². The van der Waals surface area contributed by atoms with E-state index in [4.69, 9.17) is 11.6 Å². The molecule has 1 saturated heterocycles. The normalized spacial score (nSPS) is 20.4. The van der Waals surface area contributed by atoms with Crippen LogP contribution in [0.4, 0.5) is 9.18 Å². The lowest BCUT2D eigenvalue weighted by Gasteiger charge is -2.10. The van der Waals surface area contributed by atoms with Crippen LogP contribution in [0.2, 0.25) is 5.02 Å². The van der Waals surface area contributed by atoms with Gasteiger partial charge in [0.15, 0.2) is 0 Å². The molecule has 0 unspecified atom stereocenters. The summed E-state index contributed by atoms with van der Waals surface area (Å²) in [6.07, 6.45) is 0. The minimum Gasteiger partial charge on any atom is -0.336 e. The van der Waals surface area contributed by atoms with E-state index in [9.17, 15) is 9.18 Å². The molecule has 0 bridgehead atoms. The summed E-state index contributed by atoms with van der Waals surface area (Å²) in [6, 6.07) is 3.74. The topological polar surface area (TPSA) is 41.1 Å². The van der Waals surface area contributed by atoms with Gasteiger partial charge < -0.3 is 10.6 Å². The van der Waals surface area contributed by atoms with Gasteiger partial charge in [0.1, 0.15) is 5.82 Å². The Labute approximate surface area is 85.3 Å². The standard InChI is InChI=1S/C9H8ClFN2O/c10-7-3-5(11)1-2-6(7)8-4-12-9(14)13-8/h1-3,8H,4H2,(H2,12,13,14)/t8-/m0/s1. The predicted molar refractivity (Wildman–Crippen MR) is 50.7 cm³/mol. The van der Waals surface area contributed by atoms with Crippen LogP contribution >= 0.6 is 11.6 Å². The number of carbonyl (C=O) groups excluding carboxylic acids is 1. The summed E-state index contributed by atoms with van der Waals surface area (Å²) in [5.74, 6) is -0.379. The molecular formula is C9H8ClFN2O. The maximum absolute atomic E-state index is 12.7. The van der Waals surface area contributed by atoms with Gasteiger partial charge in [0.25, 0.3) is 0 Å². The van der Waals surface area contributed by atoms with E-state index in [1.54, 1.807) is 6.07 Å². The highest BCUT2D eigenvalue weighted by atomic mass is 35.5. The van der Waals surface area contributed by atoms with Gasteiger partial charge in [-0.05, 0) is 17.7 Å². The van der Waals surface area contributed by atoms with Crippen LogP contribution < -0.4 is 10.6 Å². The Morgan fingerprint density at radius 3 is 2.86 bits per heavy atom. The average molecular weight is 215 g/mol. The van der Waals surface area contributed by atoms with Crippen molar-refractivity contribution in [3.8, 4) is 0 Å². The minimum absolute atomic E-state index is 0.171. The lowest BCUT2D eigenvalue weighted by atomic mass is 10.1. The van der Waals surface area contributed by atoms with E-state index in [1.807, 2.05) is 0 Å². The highest BCUT2D eigenvalue weighted by Gasteiger charge is 2.23. The van der Waals surface area contributed by atoms with E-state index >= 15 is 0 Å². The number of benzene rings is 1. The zero-order chi connectivity index (χ0) is 10.1. The molecule has 1 atom stereocenters. The molecule has 1 aromatic carbocycles. The van der Waals surface area contributed by atoms with Crippen LogP contribution in [-0.2, 0) is 0 Å². The maximum atomic E-state index is 12.7. The monoisotopic (exact) mass is 214 g/mol. The summed E-state index contributed by atoms with van der Waals surface area (Å²) in [5.41, 5.74) is 0.728. The molecule has 0 aliphatic carbocycles. The number of halogens is 2. The number of hydrogen-bond acceptors (Lipinski definition) is 1. The van der Waals surface area contributed by atoms with E-state index in [0.29, 0.717) is 11.6 Å². The lowest BCUT2D eigenvalue weighted by Crippen LogP contribution is -2.21. The zero-order valence-corrected chi connectivity index (χ0v) is 7.94. The highest BCUT2D eigenvalue weighted by Crippen LogP contribution is 2.24. The van der Waals surface area contributed by atoms with Crippen LogP contribution in [0.5, 0.6) is 0 Å². The van der Waals surface area contributed by atoms with Gasteiger partial charge in [-0.2, -0.15) is 0 Å². The molecule has 1 aliphatic rings. The number of carbonyl (C=O) groups is 1. The molecule has 1 aliphatic heterocycles. The summed E-state index contributed by atoms with van der Waals surface area (Å²) < 4.78 is 12.7. The first-order valence-electron chi connectivity index (χ1n) is 4.16. The van der Waals surface area contributed by atoms with E-state index < -0.39 is 0 Å². The molecule has 74 valence electrons. The van der Waals surface area contributed by atoms with Crippen molar-refractivity contribution in [2.75, 3.05) is 6.54 Å². The smallest absolute Gasteiger partial charge is 0.315 e. The SMILES string of the molecule is O=C1NC[C@@H](c2ccc(F)cc2Cl)N1. The molecule has 1 fully saturated rings. The summed E-state index contributed by atoms with van der Waals surface area (Å²) >= 11 is 5.84. The van der Waals surface area contributed by atoms with Crippen LogP contribution in [0.3, 0.4) is 0 Å². The fourth-order valence-corrected chi connectivity index (χ4v) is 1.73. The van der Waals surface area contributed by atoms with E-state index in [1.165, 1.54) is 12.1 Å². The number of nitrogens with one attached hydrogen (secondary N) is 2. The Morgan fingerprint density at radius 1 is 1.50 bits per heavy atom. The molecule has 0 saturated carbocycles. The third-order valence-electron chi connectivity index (χ3n) is 2.11. The van der Waals surface area contributed by atoms with Crippen molar-refractivity contribution < 1.29 is 9.18 Å². The molecule has 5 heteroatoms. The van der Waals surface area contributed by atoms with Crippen molar-refractivity contribution in [2.45, 2.75) is 6.04 Å². The number of urea groups is 1. The Balaban J connectivity index is 2.28. The predicted octanol–water partition coefficient (Wildman–Crippen LogP) is 1.83. The van der Waals surface area contributed by atoms with Crippen LogP contribution in [-0.4, -0.2) is 12.6 Å². The molecule has 2 rings (SSSR count). The molecule has 0 radical (unpaired) electrons. The summed E-state index contributed by atoms with van der Waals surface area (Å²) in [7, 11) is 0. The average Bonchev–Trinajstić information content (AvgIpc) is 2.51. The highest BCUT2D eigenvalue weighted by molar-refractivity contribution is 6.31. The van der Waals surface area contributed by atoms with Crippen LogP contribution in [0, 0.1) is 5.82 Å². The van der Waals surface area contributed by atoms with Gasteiger partial charge in [-0.25, -0.2) is 9.18 Å². The van der Waals surface area contributed by atoms with Crippen LogP contribution in [0.15, 0.2) is 18.2 Å². The molecular weight excluding hydrogens is 207 g/mol. The fraction of sp³-hybridized carbons (Fsp3) is 0.222. The van der Waals surface area contributed by atoms with Crippen molar-refractivity contribution in [3.63, 3.8) is 0 Å². The lowest BCUT2D eigenvalue weighted by molar-refractivity contribution is 0.247.